The summed E-state index contributed by atoms with van der Waals surface area (Å²) in [7, 11) is 0. The number of hydrogen-bond donors (Lipinski definition) is 1. The molecule has 1 aromatic carbocycles. The summed E-state index contributed by atoms with van der Waals surface area (Å²) < 4.78 is 6.22. The van der Waals surface area contributed by atoms with Crippen molar-refractivity contribution in [3.05, 3.63) is 35.4 Å². The molecule has 1 aliphatic heterocycles. The van der Waals surface area contributed by atoms with Crippen molar-refractivity contribution in [2.45, 2.75) is 65.2 Å². The smallest absolute Gasteiger partial charge is 0.0900 e. The lowest BCUT2D eigenvalue weighted by Gasteiger charge is -2.38. The van der Waals surface area contributed by atoms with Crippen LogP contribution in [0.15, 0.2) is 24.3 Å². The molecule has 1 aromatic rings. The van der Waals surface area contributed by atoms with Gasteiger partial charge in [0.15, 0.2) is 0 Å². The molecule has 2 aliphatic rings. The number of rotatable bonds is 6. The molecule has 0 radical (unpaired) electrons. The summed E-state index contributed by atoms with van der Waals surface area (Å²) in [5.41, 5.74) is 2.86. The molecule has 140 valence electrons. The largest absolute Gasteiger partial charge is 0.389 e. The van der Waals surface area contributed by atoms with Crippen LogP contribution in [0.5, 0.6) is 0 Å². The van der Waals surface area contributed by atoms with Gasteiger partial charge < -0.3 is 9.84 Å². The average Bonchev–Trinajstić information content (AvgIpc) is 2.59. The maximum atomic E-state index is 10.5. The Balaban J connectivity index is 1.47. The van der Waals surface area contributed by atoms with Crippen LogP contribution in [-0.2, 0) is 17.7 Å². The Labute approximate surface area is 153 Å². The first-order chi connectivity index (χ1) is 12.0. The number of aliphatic hydroxyl groups excluding tert-OH is 1. The molecule has 0 spiro atoms. The molecule has 0 aromatic heterocycles. The van der Waals surface area contributed by atoms with E-state index in [0.29, 0.717) is 31.1 Å². The van der Waals surface area contributed by atoms with Gasteiger partial charge >= 0.3 is 0 Å². The molecular formula is C22H35NO2. The van der Waals surface area contributed by atoms with E-state index in [9.17, 15) is 5.11 Å². The van der Waals surface area contributed by atoms with Gasteiger partial charge in [0, 0.05) is 19.6 Å². The van der Waals surface area contributed by atoms with Crippen LogP contribution in [0.25, 0.3) is 0 Å². The van der Waals surface area contributed by atoms with E-state index in [1.165, 1.54) is 24.0 Å². The van der Waals surface area contributed by atoms with Gasteiger partial charge in [0.2, 0.25) is 0 Å². The highest BCUT2D eigenvalue weighted by atomic mass is 16.5. The van der Waals surface area contributed by atoms with E-state index >= 15 is 0 Å². The van der Waals surface area contributed by atoms with Crippen molar-refractivity contribution in [2.75, 3.05) is 19.7 Å². The minimum Gasteiger partial charge on any atom is -0.389 e. The Morgan fingerprint density at radius 3 is 2.72 bits per heavy atom. The number of nitrogens with zero attached hydrogens (tertiary/aromatic N) is 1. The predicted molar refractivity (Wildman–Crippen MR) is 103 cm³/mol. The molecule has 0 unspecified atom stereocenters. The number of aliphatic hydroxyl groups is 1. The normalized spacial score (nSPS) is 28.8. The summed E-state index contributed by atoms with van der Waals surface area (Å²) in [6.07, 6.45) is 4.74. The molecule has 0 saturated heterocycles. The zero-order valence-electron chi connectivity index (χ0n) is 16.2. The number of fused-ring (bicyclic) bond motifs is 1. The van der Waals surface area contributed by atoms with Gasteiger partial charge in [-0.25, -0.2) is 0 Å². The van der Waals surface area contributed by atoms with E-state index in [-0.39, 0.29) is 0 Å². The second-order valence-electron chi connectivity index (χ2n) is 8.61. The van der Waals surface area contributed by atoms with Crippen molar-refractivity contribution in [1.82, 2.24) is 4.90 Å². The van der Waals surface area contributed by atoms with Crippen LogP contribution in [0, 0.1) is 17.8 Å². The van der Waals surface area contributed by atoms with Gasteiger partial charge in [-0.2, -0.15) is 0 Å². The molecule has 4 atom stereocenters. The molecule has 1 aliphatic carbocycles. The fraction of sp³-hybridized carbons (Fsp3) is 0.727. The molecule has 1 N–H and O–H groups in total. The minimum atomic E-state index is -0.393. The summed E-state index contributed by atoms with van der Waals surface area (Å²) in [4.78, 5) is 2.36. The van der Waals surface area contributed by atoms with E-state index in [2.05, 4.69) is 49.9 Å². The molecule has 1 saturated carbocycles. The molecule has 0 bridgehead atoms. The van der Waals surface area contributed by atoms with Crippen molar-refractivity contribution < 1.29 is 9.84 Å². The van der Waals surface area contributed by atoms with E-state index in [1.807, 2.05) is 0 Å². The van der Waals surface area contributed by atoms with Crippen LogP contribution in [0.1, 0.15) is 51.2 Å². The summed E-state index contributed by atoms with van der Waals surface area (Å²) in [5, 5.41) is 10.5. The van der Waals surface area contributed by atoms with Gasteiger partial charge in [-0.3, -0.25) is 4.90 Å². The zero-order chi connectivity index (χ0) is 17.8. The van der Waals surface area contributed by atoms with Crippen molar-refractivity contribution >= 4 is 0 Å². The lowest BCUT2D eigenvalue weighted by Crippen LogP contribution is -2.41. The monoisotopic (exact) mass is 345 g/mol. The molecular weight excluding hydrogens is 310 g/mol. The second-order valence-corrected chi connectivity index (χ2v) is 8.61. The molecule has 3 rings (SSSR count). The second kappa shape index (κ2) is 8.66. The van der Waals surface area contributed by atoms with Crippen molar-refractivity contribution in [1.29, 1.82) is 0 Å². The number of ether oxygens (including phenoxy) is 1. The van der Waals surface area contributed by atoms with E-state index in [0.717, 1.165) is 31.8 Å². The van der Waals surface area contributed by atoms with Gasteiger partial charge in [0.25, 0.3) is 0 Å². The van der Waals surface area contributed by atoms with Gasteiger partial charge in [0.05, 0.1) is 18.8 Å². The minimum absolute atomic E-state index is 0.320. The SMILES string of the molecule is CC(C)[C@H]1CC[C@@H](C)C[C@H]1OC[C@@H](O)CN1CCc2ccccc2C1. The maximum Gasteiger partial charge on any atom is 0.0900 e. The van der Waals surface area contributed by atoms with Crippen molar-refractivity contribution in [2.24, 2.45) is 17.8 Å². The van der Waals surface area contributed by atoms with Crippen molar-refractivity contribution in [3.63, 3.8) is 0 Å². The Hall–Kier alpha value is -0.900. The third-order valence-corrected chi connectivity index (χ3v) is 6.14. The van der Waals surface area contributed by atoms with Crippen molar-refractivity contribution in [3.8, 4) is 0 Å². The Morgan fingerprint density at radius 1 is 1.20 bits per heavy atom. The Kier molecular flexibility index (Phi) is 6.54. The highest BCUT2D eigenvalue weighted by Gasteiger charge is 2.32. The average molecular weight is 346 g/mol. The summed E-state index contributed by atoms with van der Waals surface area (Å²) in [6, 6.07) is 8.66. The summed E-state index contributed by atoms with van der Waals surface area (Å²) >= 11 is 0. The fourth-order valence-electron chi connectivity index (χ4n) is 4.60. The van der Waals surface area contributed by atoms with Crippen LogP contribution in [-0.4, -0.2) is 41.9 Å². The van der Waals surface area contributed by atoms with Gasteiger partial charge in [-0.15, -0.1) is 0 Å². The van der Waals surface area contributed by atoms with E-state index in [4.69, 9.17) is 4.74 Å². The zero-order valence-corrected chi connectivity index (χ0v) is 16.2. The molecule has 1 fully saturated rings. The predicted octanol–water partition coefficient (Wildman–Crippen LogP) is 3.88. The molecule has 25 heavy (non-hydrogen) atoms. The van der Waals surface area contributed by atoms with Crippen LogP contribution < -0.4 is 0 Å². The van der Waals surface area contributed by atoms with Crippen LogP contribution >= 0.6 is 0 Å². The Morgan fingerprint density at radius 2 is 1.96 bits per heavy atom. The van der Waals surface area contributed by atoms with E-state index in [1.54, 1.807) is 0 Å². The van der Waals surface area contributed by atoms with E-state index < -0.39 is 6.10 Å². The molecule has 3 nitrogen and oxygen atoms in total. The van der Waals surface area contributed by atoms with Crippen LogP contribution in [0.4, 0.5) is 0 Å². The fourth-order valence-corrected chi connectivity index (χ4v) is 4.60. The first kappa shape index (κ1) is 18.9. The first-order valence-corrected chi connectivity index (χ1v) is 10.1. The molecule has 0 amide bonds. The third kappa shape index (κ3) is 5.06. The summed E-state index contributed by atoms with van der Waals surface area (Å²) in [6.45, 7) is 10.1. The number of benzene rings is 1. The highest BCUT2D eigenvalue weighted by molar-refractivity contribution is 5.29. The molecule has 1 heterocycles. The highest BCUT2D eigenvalue weighted by Crippen LogP contribution is 2.35. The van der Waals surface area contributed by atoms with Gasteiger partial charge in [-0.1, -0.05) is 51.5 Å². The topological polar surface area (TPSA) is 32.7 Å². The number of β-amino-alcohol motifs (C(OH)–C–C–N with tert-alkyl or cyclic N) is 1. The quantitative estimate of drug-likeness (QED) is 0.849. The number of hydrogen-bond acceptors (Lipinski definition) is 3. The standard InChI is InChI=1S/C22H35NO2/c1-16(2)21-9-8-17(3)12-22(21)25-15-20(24)14-23-11-10-18-6-4-5-7-19(18)13-23/h4-7,16-17,20-22,24H,8-15H2,1-3H3/t17-,20+,21-,22-/m1/s1. The molecule has 3 heteroatoms. The lowest BCUT2D eigenvalue weighted by molar-refractivity contribution is -0.0744. The third-order valence-electron chi connectivity index (χ3n) is 6.14. The first-order valence-electron chi connectivity index (χ1n) is 10.1. The van der Waals surface area contributed by atoms with Crippen LogP contribution in [0.3, 0.4) is 0 Å². The summed E-state index contributed by atoms with van der Waals surface area (Å²) in [5.74, 6) is 2.05. The Bertz CT molecular complexity index is 545. The maximum absolute atomic E-state index is 10.5. The lowest BCUT2D eigenvalue weighted by atomic mass is 9.75. The van der Waals surface area contributed by atoms with Gasteiger partial charge in [0.1, 0.15) is 0 Å². The van der Waals surface area contributed by atoms with Crippen LogP contribution in [0.2, 0.25) is 0 Å². The van der Waals surface area contributed by atoms with Gasteiger partial charge in [-0.05, 0) is 48.1 Å².